The summed E-state index contributed by atoms with van der Waals surface area (Å²) in [5, 5.41) is 3.42. The number of benzene rings is 1. The van der Waals surface area contributed by atoms with E-state index in [2.05, 4.69) is 41.4 Å². The van der Waals surface area contributed by atoms with Crippen LogP contribution in [0.2, 0.25) is 0 Å². The fourth-order valence-electron chi connectivity index (χ4n) is 3.48. The number of carbonyl (C=O) groups excluding carboxylic acids is 1. The predicted molar refractivity (Wildman–Crippen MR) is 85.1 cm³/mol. The van der Waals surface area contributed by atoms with Crippen molar-refractivity contribution < 1.29 is 4.79 Å². The second kappa shape index (κ2) is 6.61. The van der Waals surface area contributed by atoms with Crippen LogP contribution in [0.4, 0.5) is 0 Å². The molecule has 1 aromatic carbocycles. The van der Waals surface area contributed by atoms with Gasteiger partial charge in [0.05, 0.1) is 0 Å². The fourth-order valence-corrected chi connectivity index (χ4v) is 3.48. The summed E-state index contributed by atoms with van der Waals surface area (Å²) < 4.78 is 0. The van der Waals surface area contributed by atoms with E-state index in [1.165, 1.54) is 5.56 Å². The van der Waals surface area contributed by atoms with E-state index in [4.69, 9.17) is 0 Å². The van der Waals surface area contributed by atoms with Crippen molar-refractivity contribution in [2.75, 3.05) is 26.2 Å². The highest BCUT2D eigenvalue weighted by molar-refractivity contribution is 5.83. The molecular formula is C18H26N2O. The Morgan fingerprint density at radius 1 is 1.24 bits per heavy atom. The number of nitrogens with one attached hydrogen (secondary N) is 1. The van der Waals surface area contributed by atoms with Gasteiger partial charge in [-0.3, -0.25) is 4.79 Å². The summed E-state index contributed by atoms with van der Waals surface area (Å²) >= 11 is 0. The molecule has 3 nitrogen and oxygen atoms in total. The maximum absolute atomic E-state index is 12.6. The lowest BCUT2D eigenvalue weighted by Crippen LogP contribution is -2.41. The van der Waals surface area contributed by atoms with E-state index in [1.807, 2.05) is 6.07 Å². The lowest BCUT2D eigenvalue weighted by Gasteiger charge is -2.32. The molecule has 0 radical (unpaired) electrons. The third kappa shape index (κ3) is 3.46. The molecule has 114 valence electrons. The van der Waals surface area contributed by atoms with Crippen molar-refractivity contribution in [3.63, 3.8) is 0 Å². The molecule has 2 aliphatic rings. The number of carbonyl (C=O) groups is 1. The number of piperidine rings is 1. The van der Waals surface area contributed by atoms with Crippen molar-refractivity contribution in [3.8, 4) is 0 Å². The van der Waals surface area contributed by atoms with Crippen molar-refractivity contribution in [1.29, 1.82) is 0 Å². The zero-order valence-electron chi connectivity index (χ0n) is 12.9. The van der Waals surface area contributed by atoms with Crippen LogP contribution in [-0.4, -0.2) is 37.0 Å². The quantitative estimate of drug-likeness (QED) is 0.902. The number of likely N-dealkylation sites (tertiary alicyclic amines) is 1. The number of hydrogen-bond donors (Lipinski definition) is 1. The largest absolute Gasteiger partial charge is 0.342 e. The van der Waals surface area contributed by atoms with Gasteiger partial charge in [0.15, 0.2) is 0 Å². The highest BCUT2D eigenvalue weighted by Gasteiger charge is 2.45. The molecule has 3 heteroatoms. The molecule has 2 atom stereocenters. The van der Waals surface area contributed by atoms with Gasteiger partial charge in [-0.15, -0.1) is 0 Å². The highest BCUT2D eigenvalue weighted by atomic mass is 16.2. The van der Waals surface area contributed by atoms with Gasteiger partial charge < -0.3 is 10.2 Å². The van der Waals surface area contributed by atoms with Gasteiger partial charge in [0.25, 0.3) is 0 Å². The lowest BCUT2D eigenvalue weighted by atomic mass is 9.96. The summed E-state index contributed by atoms with van der Waals surface area (Å²) in [7, 11) is 0. The third-order valence-electron chi connectivity index (χ3n) is 4.94. The van der Waals surface area contributed by atoms with Gasteiger partial charge in [0, 0.05) is 19.0 Å². The first-order valence-electron chi connectivity index (χ1n) is 8.34. The Hall–Kier alpha value is -1.35. The first-order chi connectivity index (χ1) is 10.3. The van der Waals surface area contributed by atoms with Crippen molar-refractivity contribution in [3.05, 3.63) is 35.9 Å². The fraction of sp³-hybridized carbons (Fsp3) is 0.611. The van der Waals surface area contributed by atoms with Gasteiger partial charge in [0.1, 0.15) is 0 Å². The van der Waals surface area contributed by atoms with E-state index in [1.54, 1.807) is 0 Å². The molecule has 1 saturated carbocycles. The molecule has 2 fully saturated rings. The van der Waals surface area contributed by atoms with Gasteiger partial charge in [-0.25, -0.2) is 0 Å². The van der Waals surface area contributed by atoms with E-state index in [0.29, 0.717) is 11.8 Å². The Kier molecular flexibility index (Phi) is 4.59. The molecule has 0 aromatic heterocycles. The summed E-state index contributed by atoms with van der Waals surface area (Å²) in [5.74, 6) is 1.86. The van der Waals surface area contributed by atoms with Gasteiger partial charge in [-0.05, 0) is 49.8 Å². The lowest BCUT2D eigenvalue weighted by molar-refractivity contribution is -0.134. The Labute approximate surface area is 127 Å². The summed E-state index contributed by atoms with van der Waals surface area (Å²) in [6, 6.07) is 10.5. The zero-order valence-corrected chi connectivity index (χ0v) is 12.9. The third-order valence-corrected chi connectivity index (χ3v) is 4.94. The van der Waals surface area contributed by atoms with Crippen molar-refractivity contribution in [2.45, 2.75) is 32.1 Å². The first kappa shape index (κ1) is 14.6. The number of nitrogens with zero attached hydrogens (tertiary/aromatic N) is 1. The topological polar surface area (TPSA) is 32.3 Å². The minimum Gasteiger partial charge on any atom is -0.342 e. The van der Waals surface area contributed by atoms with Gasteiger partial charge in [-0.2, -0.15) is 0 Å². The normalized spacial score (nSPS) is 25.9. The Morgan fingerprint density at radius 2 is 1.95 bits per heavy atom. The Balaban J connectivity index is 1.48. The van der Waals surface area contributed by atoms with Crippen LogP contribution in [-0.2, 0) is 4.79 Å². The van der Waals surface area contributed by atoms with Crippen LogP contribution in [0.25, 0.3) is 0 Å². The molecule has 0 bridgehead atoms. The smallest absolute Gasteiger partial charge is 0.226 e. The number of hydrogen-bond acceptors (Lipinski definition) is 2. The van der Waals surface area contributed by atoms with Crippen LogP contribution in [0.1, 0.15) is 37.7 Å². The van der Waals surface area contributed by atoms with Crippen LogP contribution in [0.3, 0.4) is 0 Å². The minimum atomic E-state index is 0.248. The zero-order chi connectivity index (χ0) is 14.7. The second-order valence-electron chi connectivity index (χ2n) is 6.44. The van der Waals surface area contributed by atoms with E-state index in [-0.39, 0.29) is 5.92 Å². The summed E-state index contributed by atoms with van der Waals surface area (Å²) in [6.07, 6.45) is 3.35. The summed E-state index contributed by atoms with van der Waals surface area (Å²) in [4.78, 5) is 14.7. The average molecular weight is 286 g/mol. The molecule has 2 unspecified atom stereocenters. The van der Waals surface area contributed by atoms with Crippen LogP contribution in [0.5, 0.6) is 0 Å². The van der Waals surface area contributed by atoms with E-state index in [0.717, 1.165) is 51.4 Å². The standard InChI is InChI=1S/C18H26N2O/c1-2-19-13-14-8-10-20(11-9-14)18(21)17-12-16(17)15-6-4-3-5-7-15/h3-7,14,16-17,19H,2,8-13H2,1H3. The SMILES string of the molecule is CCNCC1CCN(C(=O)C2CC2c2ccccc2)CC1. The minimum absolute atomic E-state index is 0.248. The Morgan fingerprint density at radius 3 is 2.62 bits per heavy atom. The first-order valence-corrected chi connectivity index (χ1v) is 8.34. The molecule has 21 heavy (non-hydrogen) atoms. The predicted octanol–water partition coefficient (Wildman–Crippen LogP) is 2.64. The molecule has 1 aliphatic carbocycles. The molecule has 1 N–H and O–H groups in total. The van der Waals surface area contributed by atoms with Crippen LogP contribution < -0.4 is 5.32 Å². The van der Waals surface area contributed by atoms with Crippen LogP contribution in [0, 0.1) is 11.8 Å². The van der Waals surface area contributed by atoms with E-state index >= 15 is 0 Å². The van der Waals surface area contributed by atoms with Gasteiger partial charge in [-0.1, -0.05) is 37.3 Å². The Bertz CT molecular complexity index is 465. The van der Waals surface area contributed by atoms with Gasteiger partial charge in [0.2, 0.25) is 5.91 Å². The molecular weight excluding hydrogens is 260 g/mol. The van der Waals surface area contributed by atoms with Gasteiger partial charge >= 0.3 is 0 Å². The molecule has 1 saturated heterocycles. The maximum Gasteiger partial charge on any atom is 0.226 e. The molecule has 1 aliphatic heterocycles. The van der Waals surface area contributed by atoms with Crippen molar-refractivity contribution >= 4 is 5.91 Å². The van der Waals surface area contributed by atoms with Crippen molar-refractivity contribution in [2.24, 2.45) is 11.8 Å². The molecule has 0 spiro atoms. The molecule has 3 rings (SSSR count). The van der Waals surface area contributed by atoms with Crippen LogP contribution >= 0.6 is 0 Å². The van der Waals surface area contributed by atoms with E-state index < -0.39 is 0 Å². The number of amides is 1. The highest BCUT2D eigenvalue weighted by Crippen LogP contribution is 2.48. The van der Waals surface area contributed by atoms with E-state index in [9.17, 15) is 4.79 Å². The molecule has 1 heterocycles. The summed E-state index contributed by atoms with van der Waals surface area (Å²) in [6.45, 7) is 6.20. The molecule has 1 amide bonds. The van der Waals surface area contributed by atoms with Crippen LogP contribution in [0.15, 0.2) is 30.3 Å². The maximum atomic E-state index is 12.6. The number of rotatable bonds is 5. The van der Waals surface area contributed by atoms with Crippen molar-refractivity contribution in [1.82, 2.24) is 10.2 Å². The second-order valence-corrected chi connectivity index (χ2v) is 6.44. The summed E-state index contributed by atoms with van der Waals surface area (Å²) in [5.41, 5.74) is 1.33. The average Bonchev–Trinajstić information content (AvgIpc) is 3.34. The monoisotopic (exact) mass is 286 g/mol. The molecule has 1 aromatic rings.